The van der Waals surface area contributed by atoms with E-state index < -0.39 is 0 Å². The van der Waals surface area contributed by atoms with Crippen LogP contribution in [0.3, 0.4) is 0 Å². The SMILES string of the molecule is Cc1cc2[nH]nc(-c3nc4c(-c5ccc(F)cc5)cccc4[nH]3)c2cc1-c1cnccn1. The van der Waals surface area contributed by atoms with E-state index in [2.05, 4.69) is 37.3 Å². The lowest BCUT2D eigenvalue weighted by molar-refractivity contribution is 0.628. The number of aryl methyl sites for hydroxylation is 1. The predicted molar refractivity (Wildman–Crippen MR) is 122 cm³/mol. The largest absolute Gasteiger partial charge is 0.337 e. The molecular formula is C25H17FN6. The van der Waals surface area contributed by atoms with Gasteiger partial charge in [0.1, 0.15) is 11.5 Å². The van der Waals surface area contributed by atoms with Gasteiger partial charge in [0, 0.05) is 28.9 Å². The molecule has 154 valence electrons. The van der Waals surface area contributed by atoms with Crippen LogP contribution in [-0.2, 0) is 0 Å². The molecule has 6 nitrogen and oxygen atoms in total. The second-order valence-electron chi connectivity index (χ2n) is 7.67. The van der Waals surface area contributed by atoms with Crippen molar-refractivity contribution in [1.82, 2.24) is 30.1 Å². The van der Waals surface area contributed by atoms with Crippen molar-refractivity contribution < 1.29 is 4.39 Å². The lowest BCUT2D eigenvalue weighted by Gasteiger charge is -2.05. The van der Waals surface area contributed by atoms with Crippen LogP contribution in [-0.4, -0.2) is 30.1 Å². The van der Waals surface area contributed by atoms with Crippen LogP contribution in [0.25, 0.3) is 55.8 Å². The van der Waals surface area contributed by atoms with Gasteiger partial charge in [-0.05, 0) is 48.4 Å². The molecule has 3 aromatic heterocycles. The normalized spacial score (nSPS) is 11.4. The molecule has 0 amide bonds. The Morgan fingerprint density at radius 2 is 1.78 bits per heavy atom. The van der Waals surface area contributed by atoms with Gasteiger partial charge in [-0.25, -0.2) is 9.37 Å². The molecule has 7 heteroatoms. The van der Waals surface area contributed by atoms with Gasteiger partial charge in [-0.1, -0.05) is 24.3 Å². The van der Waals surface area contributed by atoms with Crippen molar-refractivity contribution in [3.05, 3.63) is 84.6 Å². The second-order valence-corrected chi connectivity index (χ2v) is 7.67. The number of benzene rings is 3. The minimum absolute atomic E-state index is 0.263. The number of H-pyrrole nitrogens is 2. The van der Waals surface area contributed by atoms with E-state index in [0.717, 1.165) is 55.6 Å². The van der Waals surface area contributed by atoms with Crippen LogP contribution in [0.4, 0.5) is 4.39 Å². The van der Waals surface area contributed by atoms with Crippen molar-refractivity contribution in [2.24, 2.45) is 0 Å². The van der Waals surface area contributed by atoms with E-state index in [1.165, 1.54) is 12.1 Å². The Morgan fingerprint density at radius 3 is 2.59 bits per heavy atom. The summed E-state index contributed by atoms with van der Waals surface area (Å²) in [4.78, 5) is 16.9. The monoisotopic (exact) mass is 420 g/mol. The van der Waals surface area contributed by atoms with E-state index in [0.29, 0.717) is 5.82 Å². The second kappa shape index (κ2) is 7.09. The fourth-order valence-electron chi connectivity index (χ4n) is 4.07. The summed E-state index contributed by atoms with van der Waals surface area (Å²) in [6.45, 7) is 2.04. The maximum absolute atomic E-state index is 13.4. The fourth-order valence-corrected chi connectivity index (χ4v) is 4.07. The zero-order valence-corrected chi connectivity index (χ0v) is 17.1. The number of nitrogens with zero attached hydrogens (tertiary/aromatic N) is 4. The average molecular weight is 420 g/mol. The fraction of sp³-hybridized carbons (Fsp3) is 0.0400. The number of fused-ring (bicyclic) bond motifs is 2. The smallest absolute Gasteiger partial charge is 0.159 e. The Morgan fingerprint density at radius 1 is 0.906 bits per heavy atom. The Balaban J connectivity index is 1.52. The molecule has 32 heavy (non-hydrogen) atoms. The number of rotatable bonds is 3. The standard InChI is InChI=1S/C25H17FN6/c1-14-11-21-19(12-18(14)22-13-27-9-10-28-22)24(32-31-21)25-29-20-4-2-3-17(23(20)30-25)15-5-7-16(26)8-6-15/h2-13H,1H3,(H,29,30)(H,31,32). The molecule has 0 aliphatic rings. The van der Waals surface area contributed by atoms with Crippen LogP contribution < -0.4 is 0 Å². The molecule has 6 rings (SSSR count). The van der Waals surface area contributed by atoms with E-state index >= 15 is 0 Å². The average Bonchev–Trinajstić information content (AvgIpc) is 3.43. The first-order valence-electron chi connectivity index (χ1n) is 10.2. The number of hydrogen-bond donors (Lipinski definition) is 2. The van der Waals surface area contributed by atoms with Crippen molar-refractivity contribution in [2.45, 2.75) is 6.92 Å². The third kappa shape index (κ3) is 2.94. The van der Waals surface area contributed by atoms with Crippen molar-refractivity contribution in [1.29, 1.82) is 0 Å². The molecule has 6 aromatic rings. The number of para-hydroxylation sites is 1. The van der Waals surface area contributed by atoms with Crippen LogP contribution in [0.15, 0.2) is 73.2 Å². The van der Waals surface area contributed by atoms with Crippen molar-refractivity contribution in [3.8, 4) is 33.9 Å². The van der Waals surface area contributed by atoms with Gasteiger partial charge >= 0.3 is 0 Å². The Labute approximate surface area is 182 Å². The summed E-state index contributed by atoms with van der Waals surface area (Å²) in [6.07, 6.45) is 5.10. The van der Waals surface area contributed by atoms with Gasteiger partial charge in [-0.15, -0.1) is 0 Å². The molecular weight excluding hydrogens is 403 g/mol. The first-order valence-corrected chi connectivity index (χ1v) is 10.2. The molecule has 0 fully saturated rings. The zero-order valence-electron chi connectivity index (χ0n) is 17.1. The van der Waals surface area contributed by atoms with Crippen LogP contribution in [0.5, 0.6) is 0 Å². The van der Waals surface area contributed by atoms with Crippen molar-refractivity contribution in [3.63, 3.8) is 0 Å². The van der Waals surface area contributed by atoms with E-state index in [1.54, 1.807) is 30.7 Å². The zero-order chi connectivity index (χ0) is 21.7. The molecule has 0 radical (unpaired) electrons. The summed E-state index contributed by atoms with van der Waals surface area (Å²) in [5.41, 5.74) is 8.07. The highest BCUT2D eigenvalue weighted by Crippen LogP contribution is 2.34. The summed E-state index contributed by atoms with van der Waals surface area (Å²) < 4.78 is 13.4. The molecule has 0 aliphatic heterocycles. The lowest BCUT2D eigenvalue weighted by atomic mass is 10.0. The van der Waals surface area contributed by atoms with Crippen LogP contribution in [0.1, 0.15) is 5.56 Å². The van der Waals surface area contributed by atoms with Gasteiger partial charge in [0.15, 0.2) is 5.82 Å². The van der Waals surface area contributed by atoms with Crippen molar-refractivity contribution in [2.75, 3.05) is 0 Å². The molecule has 3 heterocycles. The molecule has 3 aromatic carbocycles. The first-order chi connectivity index (χ1) is 15.7. The predicted octanol–water partition coefficient (Wildman–Crippen LogP) is 5.68. The molecule has 0 spiro atoms. The molecule has 0 saturated carbocycles. The number of imidazole rings is 1. The highest BCUT2D eigenvalue weighted by atomic mass is 19.1. The number of aromatic nitrogens is 6. The molecule has 0 saturated heterocycles. The summed E-state index contributed by atoms with van der Waals surface area (Å²) in [6, 6.07) is 16.5. The summed E-state index contributed by atoms with van der Waals surface area (Å²) in [7, 11) is 0. The molecule has 0 atom stereocenters. The number of aromatic amines is 2. The van der Waals surface area contributed by atoms with Gasteiger partial charge in [0.05, 0.1) is 28.4 Å². The lowest BCUT2D eigenvalue weighted by Crippen LogP contribution is -1.89. The van der Waals surface area contributed by atoms with Gasteiger partial charge < -0.3 is 4.98 Å². The van der Waals surface area contributed by atoms with E-state index in [9.17, 15) is 4.39 Å². The van der Waals surface area contributed by atoms with Crippen LogP contribution >= 0.6 is 0 Å². The summed E-state index contributed by atoms with van der Waals surface area (Å²) in [5, 5.41) is 8.60. The molecule has 0 aliphatic carbocycles. The van der Waals surface area contributed by atoms with Crippen LogP contribution in [0.2, 0.25) is 0 Å². The Bertz CT molecular complexity index is 1580. The van der Waals surface area contributed by atoms with Gasteiger partial charge in [0.25, 0.3) is 0 Å². The third-order valence-electron chi connectivity index (χ3n) is 5.64. The highest BCUT2D eigenvalue weighted by Gasteiger charge is 2.17. The van der Waals surface area contributed by atoms with E-state index in [-0.39, 0.29) is 5.82 Å². The summed E-state index contributed by atoms with van der Waals surface area (Å²) >= 11 is 0. The van der Waals surface area contributed by atoms with Crippen LogP contribution in [0, 0.1) is 12.7 Å². The maximum Gasteiger partial charge on any atom is 0.159 e. The van der Waals surface area contributed by atoms with Crippen molar-refractivity contribution >= 4 is 21.9 Å². The number of nitrogens with one attached hydrogen (secondary N) is 2. The molecule has 0 bridgehead atoms. The third-order valence-corrected chi connectivity index (χ3v) is 5.64. The highest BCUT2D eigenvalue weighted by molar-refractivity contribution is 5.98. The number of hydrogen-bond acceptors (Lipinski definition) is 4. The molecule has 0 unspecified atom stereocenters. The van der Waals surface area contributed by atoms with E-state index in [4.69, 9.17) is 4.98 Å². The molecule has 2 N–H and O–H groups in total. The minimum atomic E-state index is -0.263. The minimum Gasteiger partial charge on any atom is -0.337 e. The Hall–Kier alpha value is -4.39. The van der Waals surface area contributed by atoms with E-state index in [1.807, 2.05) is 25.1 Å². The van der Waals surface area contributed by atoms with Gasteiger partial charge in [0.2, 0.25) is 0 Å². The topological polar surface area (TPSA) is 83.1 Å². The number of halogens is 1. The first kappa shape index (κ1) is 18.4. The van der Waals surface area contributed by atoms with Gasteiger partial charge in [-0.3, -0.25) is 15.1 Å². The maximum atomic E-state index is 13.4. The quantitative estimate of drug-likeness (QED) is 0.386. The van der Waals surface area contributed by atoms with Gasteiger partial charge in [-0.2, -0.15) is 5.10 Å². The Kier molecular flexibility index (Phi) is 4.07. The summed E-state index contributed by atoms with van der Waals surface area (Å²) in [5.74, 6) is 0.399.